The largest absolute Gasteiger partial charge is 0.304 e. The van der Waals surface area contributed by atoms with Gasteiger partial charge in [0.15, 0.2) is 0 Å². The third-order valence-electron chi connectivity index (χ3n) is 2.54. The second-order valence-corrected chi connectivity index (χ2v) is 5.37. The van der Waals surface area contributed by atoms with Gasteiger partial charge in [0.05, 0.1) is 0 Å². The van der Waals surface area contributed by atoms with Crippen LogP contribution in [0.1, 0.15) is 11.4 Å². The molecule has 6 nitrogen and oxygen atoms in total. The summed E-state index contributed by atoms with van der Waals surface area (Å²) in [5.41, 5.74) is 0.179. The molecule has 0 aliphatic heterocycles. The van der Waals surface area contributed by atoms with Crippen molar-refractivity contribution in [2.75, 3.05) is 0 Å². The van der Waals surface area contributed by atoms with Crippen molar-refractivity contribution in [3.63, 3.8) is 0 Å². The third-order valence-corrected chi connectivity index (χ3v) is 3.41. The standard InChI is InChI=1S/C10H10F2N4O2S/c1-16-9(14-15-10(16)19(13,17)18)4-6-2-3-7(11)5-8(6)12/h2-3,5H,4H2,1H3,(H2,13,17,18). The number of halogens is 2. The molecule has 2 N–H and O–H groups in total. The molecule has 0 saturated carbocycles. The molecule has 19 heavy (non-hydrogen) atoms. The third kappa shape index (κ3) is 2.76. The van der Waals surface area contributed by atoms with Gasteiger partial charge in [-0.15, -0.1) is 10.2 Å². The van der Waals surface area contributed by atoms with E-state index in [1.807, 2.05) is 0 Å². The molecule has 0 radical (unpaired) electrons. The smallest absolute Gasteiger partial charge is 0.273 e. The first-order chi connectivity index (χ1) is 8.79. The van der Waals surface area contributed by atoms with Gasteiger partial charge in [0.2, 0.25) is 0 Å². The van der Waals surface area contributed by atoms with Gasteiger partial charge in [-0.25, -0.2) is 22.3 Å². The van der Waals surface area contributed by atoms with Crippen LogP contribution in [0.3, 0.4) is 0 Å². The van der Waals surface area contributed by atoms with Crippen LogP contribution in [-0.4, -0.2) is 23.2 Å². The van der Waals surface area contributed by atoms with Crippen molar-refractivity contribution in [2.24, 2.45) is 12.2 Å². The number of primary sulfonamides is 1. The van der Waals surface area contributed by atoms with E-state index < -0.39 is 26.8 Å². The van der Waals surface area contributed by atoms with Crippen molar-refractivity contribution < 1.29 is 17.2 Å². The Bertz CT molecular complexity index is 727. The first-order valence-electron chi connectivity index (χ1n) is 5.14. The van der Waals surface area contributed by atoms with Crippen LogP contribution in [0.25, 0.3) is 0 Å². The van der Waals surface area contributed by atoms with Gasteiger partial charge < -0.3 is 4.57 Å². The molecular formula is C10H10F2N4O2S. The fourth-order valence-corrected chi connectivity index (χ4v) is 2.22. The Labute approximate surface area is 107 Å². The normalized spacial score (nSPS) is 11.8. The fraction of sp³-hybridized carbons (Fsp3) is 0.200. The van der Waals surface area contributed by atoms with Gasteiger partial charge in [-0.05, 0) is 11.6 Å². The highest BCUT2D eigenvalue weighted by atomic mass is 32.2. The van der Waals surface area contributed by atoms with E-state index in [9.17, 15) is 17.2 Å². The number of nitrogens with two attached hydrogens (primary N) is 1. The molecule has 0 fully saturated rings. The van der Waals surface area contributed by atoms with E-state index in [-0.39, 0.29) is 17.8 Å². The predicted octanol–water partition coefficient (Wildman–Crippen LogP) is 0.332. The summed E-state index contributed by atoms with van der Waals surface area (Å²) in [6, 6.07) is 3.11. The van der Waals surface area contributed by atoms with Gasteiger partial charge in [-0.2, -0.15) is 0 Å². The van der Waals surface area contributed by atoms with Crippen LogP contribution in [0, 0.1) is 11.6 Å². The number of sulfonamides is 1. The summed E-state index contributed by atoms with van der Waals surface area (Å²) < 4.78 is 49.7. The quantitative estimate of drug-likeness (QED) is 0.881. The van der Waals surface area contributed by atoms with Crippen molar-refractivity contribution in [3.05, 3.63) is 41.2 Å². The Kier molecular flexibility index (Phi) is 3.33. The fourth-order valence-electron chi connectivity index (χ4n) is 1.58. The zero-order valence-electron chi connectivity index (χ0n) is 9.84. The molecule has 0 atom stereocenters. The molecule has 0 aliphatic rings. The van der Waals surface area contributed by atoms with Gasteiger partial charge in [-0.1, -0.05) is 6.07 Å². The average molecular weight is 288 g/mol. The Morgan fingerprint density at radius 2 is 2.00 bits per heavy atom. The number of hydrogen-bond donors (Lipinski definition) is 1. The van der Waals surface area contributed by atoms with E-state index in [2.05, 4.69) is 10.2 Å². The summed E-state index contributed by atoms with van der Waals surface area (Å²) in [5.74, 6) is -1.22. The van der Waals surface area contributed by atoms with Gasteiger partial charge in [0.1, 0.15) is 17.5 Å². The van der Waals surface area contributed by atoms with E-state index in [1.54, 1.807) is 0 Å². The highest BCUT2D eigenvalue weighted by Crippen LogP contribution is 2.14. The lowest BCUT2D eigenvalue weighted by atomic mass is 10.1. The van der Waals surface area contributed by atoms with E-state index in [1.165, 1.54) is 13.1 Å². The summed E-state index contributed by atoms with van der Waals surface area (Å²) in [4.78, 5) is 0. The molecule has 2 aromatic rings. The molecule has 0 saturated heterocycles. The molecule has 102 valence electrons. The van der Waals surface area contributed by atoms with Crippen molar-refractivity contribution in [1.82, 2.24) is 14.8 Å². The minimum absolute atomic E-state index is 0.0227. The molecule has 2 rings (SSSR count). The maximum atomic E-state index is 13.5. The van der Waals surface area contributed by atoms with Crippen molar-refractivity contribution in [2.45, 2.75) is 11.6 Å². The molecule has 1 aromatic heterocycles. The summed E-state index contributed by atoms with van der Waals surface area (Å²) in [6.07, 6.45) is -0.0227. The molecule has 0 spiro atoms. The van der Waals surface area contributed by atoms with E-state index in [0.29, 0.717) is 0 Å². The van der Waals surface area contributed by atoms with Crippen LogP contribution in [0.15, 0.2) is 23.4 Å². The molecule has 0 aliphatic carbocycles. The van der Waals surface area contributed by atoms with Crippen LogP contribution in [0.2, 0.25) is 0 Å². The van der Waals surface area contributed by atoms with Crippen molar-refractivity contribution in [1.29, 1.82) is 0 Å². The molecule has 0 bridgehead atoms. The Balaban J connectivity index is 2.37. The monoisotopic (exact) mass is 288 g/mol. The van der Waals surface area contributed by atoms with Crippen LogP contribution in [0.5, 0.6) is 0 Å². The minimum Gasteiger partial charge on any atom is -0.304 e. The molecular weight excluding hydrogens is 278 g/mol. The highest BCUT2D eigenvalue weighted by molar-refractivity contribution is 7.89. The lowest BCUT2D eigenvalue weighted by Crippen LogP contribution is -2.17. The van der Waals surface area contributed by atoms with Crippen molar-refractivity contribution in [3.8, 4) is 0 Å². The summed E-state index contributed by atoms with van der Waals surface area (Å²) in [6.45, 7) is 0. The lowest BCUT2D eigenvalue weighted by molar-refractivity contribution is 0.570. The minimum atomic E-state index is -3.99. The maximum Gasteiger partial charge on any atom is 0.273 e. The topological polar surface area (TPSA) is 90.9 Å². The number of rotatable bonds is 3. The maximum absolute atomic E-state index is 13.5. The first-order valence-corrected chi connectivity index (χ1v) is 6.68. The lowest BCUT2D eigenvalue weighted by Gasteiger charge is -2.04. The summed E-state index contributed by atoms with van der Waals surface area (Å²) in [7, 11) is -2.59. The zero-order valence-corrected chi connectivity index (χ0v) is 10.7. The highest BCUT2D eigenvalue weighted by Gasteiger charge is 2.19. The Hall–Kier alpha value is -1.87. The van der Waals surface area contributed by atoms with Gasteiger partial charge in [0.25, 0.3) is 15.2 Å². The predicted molar refractivity (Wildman–Crippen MR) is 61.5 cm³/mol. The second-order valence-electron chi connectivity index (χ2n) is 3.92. The van der Waals surface area contributed by atoms with Crippen LogP contribution in [-0.2, 0) is 23.5 Å². The number of hydrogen-bond acceptors (Lipinski definition) is 4. The van der Waals surface area contributed by atoms with Crippen LogP contribution < -0.4 is 5.14 Å². The number of aromatic nitrogens is 3. The van der Waals surface area contributed by atoms with Gasteiger partial charge in [0, 0.05) is 19.5 Å². The van der Waals surface area contributed by atoms with Gasteiger partial charge in [-0.3, -0.25) is 0 Å². The zero-order chi connectivity index (χ0) is 14.2. The van der Waals surface area contributed by atoms with E-state index in [0.717, 1.165) is 16.7 Å². The summed E-state index contributed by atoms with van der Waals surface area (Å²) >= 11 is 0. The average Bonchev–Trinajstić information content (AvgIpc) is 2.64. The SMILES string of the molecule is Cn1c(Cc2ccc(F)cc2F)nnc1S(N)(=O)=O. The molecule has 1 aromatic carbocycles. The number of nitrogens with zero attached hydrogens (tertiary/aromatic N) is 3. The van der Waals surface area contributed by atoms with Crippen molar-refractivity contribution >= 4 is 10.0 Å². The molecule has 9 heteroatoms. The summed E-state index contributed by atoms with van der Waals surface area (Å²) in [5, 5.41) is 11.6. The molecule has 0 unspecified atom stereocenters. The second kappa shape index (κ2) is 4.67. The van der Waals surface area contributed by atoms with Crippen LogP contribution >= 0.6 is 0 Å². The van der Waals surface area contributed by atoms with Gasteiger partial charge >= 0.3 is 0 Å². The van der Waals surface area contributed by atoms with E-state index in [4.69, 9.17) is 5.14 Å². The number of benzene rings is 1. The Morgan fingerprint density at radius 1 is 1.32 bits per heavy atom. The molecule has 0 amide bonds. The first kappa shape index (κ1) is 13.6. The van der Waals surface area contributed by atoms with Crippen LogP contribution in [0.4, 0.5) is 8.78 Å². The Morgan fingerprint density at radius 3 is 2.53 bits per heavy atom. The molecule has 1 heterocycles. The van der Waals surface area contributed by atoms with E-state index >= 15 is 0 Å².